The Balaban J connectivity index is 2.14. The number of carbonyl (C=O) groups is 1. The van der Waals surface area contributed by atoms with E-state index in [1.807, 2.05) is 0 Å². The minimum Gasteiger partial charge on any atom is -0.325 e. The summed E-state index contributed by atoms with van der Waals surface area (Å²) in [6, 6.07) is 6.19. The van der Waals surface area contributed by atoms with E-state index in [1.165, 1.54) is 4.31 Å². The molecule has 0 aliphatic carbocycles. The van der Waals surface area contributed by atoms with Crippen LogP contribution in [0.2, 0.25) is 0 Å². The molecule has 5 nitrogen and oxygen atoms in total. The first-order valence-electron chi connectivity index (χ1n) is 9.58. The fourth-order valence-corrected chi connectivity index (χ4v) is 4.63. The fraction of sp³-hybridized carbons (Fsp3) is 0.650. The Morgan fingerprint density at radius 3 is 2.04 bits per heavy atom. The number of amides is 1. The molecular weight excluding hydrogens is 348 g/mol. The summed E-state index contributed by atoms with van der Waals surface area (Å²) in [6.07, 6.45) is 1.15. The average Bonchev–Trinajstić information content (AvgIpc) is 2.61. The molecule has 1 heterocycles. The lowest BCUT2D eigenvalue weighted by molar-refractivity contribution is -0.120. The molecule has 0 spiro atoms. The molecular formula is C20H32N2O3S. The Hall–Kier alpha value is -1.40. The maximum Gasteiger partial charge on any atom is 0.227 e. The van der Waals surface area contributed by atoms with Gasteiger partial charge in [-0.3, -0.25) is 4.79 Å². The first-order valence-corrected chi connectivity index (χ1v) is 11.2. The molecule has 1 fully saturated rings. The van der Waals surface area contributed by atoms with Crippen molar-refractivity contribution < 1.29 is 13.2 Å². The van der Waals surface area contributed by atoms with Crippen molar-refractivity contribution in [2.75, 3.05) is 24.2 Å². The second-order valence-corrected chi connectivity index (χ2v) is 9.94. The van der Waals surface area contributed by atoms with Crippen molar-refractivity contribution in [3.8, 4) is 0 Å². The van der Waals surface area contributed by atoms with Crippen LogP contribution in [-0.4, -0.2) is 37.5 Å². The third-order valence-corrected chi connectivity index (χ3v) is 7.09. The maximum absolute atomic E-state index is 12.9. The van der Waals surface area contributed by atoms with Crippen LogP contribution in [0.15, 0.2) is 18.2 Å². The van der Waals surface area contributed by atoms with Crippen LogP contribution in [0.25, 0.3) is 0 Å². The van der Waals surface area contributed by atoms with Crippen LogP contribution in [-0.2, 0) is 14.8 Å². The summed E-state index contributed by atoms with van der Waals surface area (Å²) in [5.41, 5.74) is 3.23. The van der Waals surface area contributed by atoms with Crippen LogP contribution >= 0.6 is 0 Å². The second-order valence-electron chi connectivity index (χ2n) is 7.68. The van der Waals surface area contributed by atoms with Gasteiger partial charge in [0.25, 0.3) is 0 Å². The van der Waals surface area contributed by atoms with E-state index in [1.54, 1.807) is 6.92 Å². The Morgan fingerprint density at radius 1 is 1.12 bits per heavy atom. The van der Waals surface area contributed by atoms with Crippen LogP contribution in [0.1, 0.15) is 70.4 Å². The number of anilines is 1. The highest BCUT2D eigenvalue weighted by Gasteiger charge is 2.30. The lowest BCUT2D eigenvalue weighted by Crippen LogP contribution is -2.42. The molecule has 0 saturated carbocycles. The van der Waals surface area contributed by atoms with Gasteiger partial charge in [0, 0.05) is 24.7 Å². The van der Waals surface area contributed by atoms with Gasteiger partial charge in [0.15, 0.2) is 0 Å². The molecule has 0 unspecified atom stereocenters. The van der Waals surface area contributed by atoms with E-state index in [0.29, 0.717) is 37.8 Å². The number of hydrogen-bond acceptors (Lipinski definition) is 3. The predicted molar refractivity (Wildman–Crippen MR) is 107 cm³/mol. The Labute approximate surface area is 158 Å². The number of sulfonamides is 1. The molecule has 1 aliphatic rings. The van der Waals surface area contributed by atoms with Crippen LogP contribution in [0.5, 0.6) is 0 Å². The van der Waals surface area contributed by atoms with Gasteiger partial charge in [0.1, 0.15) is 0 Å². The number of rotatable bonds is 6. The van der Waals surface area contributed by atoms with E-state index >= 15 is 0 Å². The highest BCUT2D eigenvalue weighted by Crippen LogP contribution is 2.33. The monoisotopic (exact) mass is 380 g/mol. The van der Waals surface area contributed by atoms with Crippen molar-refractivity contribution in [2.24, 2.45) is 5.92 Å². The average molecular weight is 381 g/mol. The molecule has 1 aromatic rings. The summed E-state index contributed by atoms with van der Waals surface area (Å²) < 4.78 is 25.5. The predicted octanol–water partition coefficient (Wildman–Crippen LogP) is 3.93. The molecule has 6 heteroatoms. The summed E-state index contributed by atoms with van der Waals surface area (Å²) in [6.45, 7) is 11.0. The minimum atomic E-state index is -3.16. The van der Waals surface area contributed by atoms with Gasteiger partial charge in [0.05, 0.1) is 5.75 Å². The molecule has 0 radical (unpaired) electrons. The lowest BCUT2D eigenvalue weighted by atomic mass is 9.91. The smallest absolute Gasteiger partial charge is 0.227 e. The topological polar surface area (TPSA) is 66.5 Å². The van der Waals surface area contributed by atoms with Crippen molar-refractivity contribution in [3.05, 3.63) is 29.3 Å². The molecule has 1 saturated heterocycles. The van der Waals surface area contributed by atoms with Gasteiger partial charge in [-0.2, -0.15) is 0 Å². The van der Waals surface area contributed by atoms with E-state index in [9.17, 15) is 13.2 Å². The first kappa shape index (κ1) is 20.9. The van der Waals surface area contributed by atoms with Gasteiger partial charge in [-0.25, -0.2) is 12.7 Å². The second kappa shape index (κ2) is 8.53. The molecule has 146 valence electrons. The van der Waals surface area contributed by atoms with Crippen LogP contribution in [0.3, 0.4) is 0 Å². The Kier molecular flexibility index (Phi) is 6.86. The molecule has 1 amide bonds. The highest BCUT2D eigenvalue weighted by atomic mass is 32.2. The van der Waals surface area contributed by atoms with E-state index in [0.717, 1.165) is 16.8 Å². The quantitative estimate of drug-likeness (QED) is 0.813. The Bertz CT molecular complexity index is 707. The molecule has 2 rings (SSSR count). The van der Waals surface area contributed by atoms with Gasteiger partial charge in [-0.15, -0.1) is 0 Å². The van der Waals surface area contributed by atoms with Crippen LogP contribution < -0.4 is 5.32 Å². The maximum atomic E-state index is 12.9. The van der Waals surface area contributed by atoms with Gasteiger partial charge < -0.3 is 5.32 Å². The minimum absolute atomic E-state index is 0.00791. The third kappa shape index (κ3) is 4.65. The Morgan fingerprint density at radius 2 is 1.62 bits per heavy atom. The van der Waals surface area contributed by atoms with E-state index in [4.69, 9.17) is 0 Å². The van der Waals surface area contributed by atoms with Gasteiger partial charge in [-0.05, 0) is 42.7 Å². The number of benzene rings is 1. The van der Waals surface area contributed by atoms with E-state index in [2.05, 4.69) is 51.2 Å². The van der Waals surface area contributed by atoms with E-state index < -0.39 is 10.0 Å². The van der Waals surface area contributed by atoms with Gasteiger partial charge in [0.2, 0.25) is 15.9 Å². The lowest BCUT2D eigenvalue weighted by Gasteiger charge is -2.31. The summed E-state index contributed by atoms with van der Waals surface area (Å²) in [5, 5.41) is 3.17. The number of piperidine rings is 1. The molecule has 1 aromatic carbocycles. The van der Waals surface area contributed by atoms with Crippen molar-refractivity contribution in [2.45, 2.75) is 59.3 Å². The molecule has 1 aliphatic heterocycles. The SMILES string of the molecule is CCS(=O)(=O)N1CCC(C(=O)Nc2c(C(C)C)cccc2C(C)C)CC1. The summed E-state index contributed by atoms with van der Waals surface area (Å²) in [4.78, 5) is 12.9. The zero-order valence-corrected chi connectivity index (χ0v) is 17.4. The highest BCUT2D eigenvalue weighted by molar-refractivity contribution is 7.89. The van der Waals surface area contributed by atoms with Gasteiger partial charge in [-0.1, -0.05) is 45.9 Å². The molecule has 0 atom stereocenters. The number of hydrogen-bond donors (Lipinski definition) is 1. The first-order chi connectivity index (χ1) is 12.2. The zero-order valence-electron chi connectivity index (χ0n) is 16.6. The molecule has 1 N–H and O–H groups in total. The van der Waals surface area contributed by atoms with Crippen molar-refractivity contribution in [3.63, 3.8) is 0 Å². The number of carbonyl (C=O) groups excluding carboxylic acids is 1. The summed E-state index contributed by atoms with van der Waals surface area (Å²) >= 11 is 0. The van der Waals surface area contributed by atoms with Gasteiger partial charge >= 0.3 is 0 Å². The van der Waals surface area contributed by atoms with Crippen molar-refractivity contribution in [1.82, 2.24) is 4.31 Å². The number of nitrogens with zero attached hydrogens (tertiary/aromatic N) is 1. The molecule has 26 heavy (non-hydrogen) atoms. The standard InChI is InChI=1S/C20H32N2O3S/c1-6-26(24,25)22-12-10-16(11-13-22)20(23)21-19-17(14(2)3)8-7-9-18(19)15(4)5/h7-9,14-16H,6,10-13H2,1-5H3,(H,21,23). The normalized spacial score (nSPS) is 17.0. The molecule has 0 aromatic heterocycles. The van der Waals surface area contributed by atoms with Crippen LogP contribution in [0.4, 0.5) is 5.69 Å². The zero-order chi connectivity index (χ0) is 19.5. The van der Waals surface area contributed by atoms with Crippen LogP contribution in [0, 0.1) is 5.92 Å². The fourth-order valence-electron chi connectivity index (χ4n) is 3.50. The summed E-state index contributed by atoms with van der Waals surface area (Å²) in [5.74, 6) is 0.622. The number of para-hydroxylation sites is 1. The third-order valence-electron chi connectivity index (χ3n) is 5.20. The van der Waals surface area contributed by atoms with Crippen molar-refractivity contribution in [1.29, 1.82) is 0 Å². The number of nitrogens with one attached hydrogen (secondary N) is 1. The summed E-state index contributed by atoms with van der Waals surface area (Å²) in [7, 11) is -3.16. The molecule has 0 bridgehead atoms. The largest absolute Gasteiger partial charge is 0.325 e. The van der Waals surface area contributed by atoms with Crippen molar-refractivity contribution >= 4 is 21.6 Å². The van der Waals surface area contributed by atoms with E-state index in [-0.39, 0.29) is 17.6 Å².